The van der Waals surface area contributed by atoms with Crippen LogP contribution in [0.2, 0.25) is 0 Å². The van der Waals surface area contributed by atoms with Gasteiger partial charge in [-0.1, -0.05) is 37.3 Å². The van der Waals surface area contributed by atoms with Crippen molar-refractivity contribution in [3.8, 4) is 0 Å². The number of carbonyl (C=O) groups is 2. The number of amides is 1. The molecule has 0 spiro atoms. The van der Waals surface area contributed by atoms with E-state index < -0.39 is 0 Å². The van der Waals surface area contributed by atoms with Gasteiger partial charge in [-0.05, 0) is 18.5 Å². The van der Waals surface area contributed by atoms with Crippen molar-refractivity contribution in [3.05, 3.63) is 35.9 Å². The van der Waals surface area contributed by atoms with Crippen LogP contribution >= 0.6 is 0 Å². The molecule has 1 amide bonds. The second-order valence-corrected chi connectivity index (χ2v) is 5.20. The van der Waals surface area contributed by atoms with Crippen LogP contribution in [0, 0.1) is 0 Å². The highest BCUT2D eigenvalue weighted by atomic mass is 16.2. The molecule has 0 saturated carbocycles. The second-order valence-electron chi connectivity index (χ2n) is 5.20. The third kappa shape index (κ3) is 5.97. The number of carbonyl (C=O) groups excluding carboxylic acids is 2. The molecule has 0 aliphatic carbocycles. The first-order valence-corrected chi connectivity index (χ1v) is 7.01. The topological polar surface area (TPSA) is 40.6 Å². The van der Waals surface area contributed by atoms with Gasteiger partial charge in [-0.2, -0.15) is 0 Å². The van der Waals surface area contributed by atoms with Crippen LogP contribution in [-0.4, -0.2) is 55.2 Å². The largest absolute Gasteiger partial charge is 0.348 e. The number of ketones is 1. The summed E-state index contributed by atoms with van der Waals surface area (Å²) in [7, 11) is 3.47. The molecule has 110 valence electrons. The fourth-order valence-electron chi connectivity index (χ4n) is 1.99. The molecule has 0 unspecified atom stereocenters. The van der Waals surface area contributed by atoms with Gasteiger partial charge in [-0.3, -0.25) is 14.5 Å². The lowest BCUT2D eigenvalue weighted by molar-refractivity contribution is -0.130. The molecule has 0 saturated heterocycles. The van der Waals surface area contributed by atoms with E-state index in [9.17, 15) is 9.59 Å². The molecule has 0 heterocycles. The third-order valence-corrected chi connectivity index (χ3v) is 3.04. The Morgan fingerprint density at radius 1 is 1.05 bits per heavy atom. The van der Waals surface area contributed by atoms with Crippen LogP contribution in [0.4, 0.5) is 0 Å². The Bertz CT molecular complexity index is 429. The first-order chi connectivity index (χ1) is 9.52. The smallest absolute Gasteiger partial charge is 0.236 e. The highest BCUT2D eigenvalue weighted by molar-refractivity contribution is 5.84. The number of hydrogen-bond donors (Lipinski definition) is 0. The molecule has 0 radical (unpaired) electrons. The monoisotopic (exact) mass is 276 g/mol. The fraction of sp³-hybridized carbons (Fsp3) is 0.500. The minimum absolute atomic E-state index is 0.0333. The molecule has 1 rings (SSSR count). The van der Waals surface area contributed by atoms with E-state index >= 15 is 0 Å². The molecule has 4 heteroatoms. The Morgan fingerprint density at radius 2 is 1.70 bits per heavy atom. The van der Waals surface area contributed by atoms with Gasteiger partial charge in [0.15, 0.2) is 5.78 Å². The maximum atomic E-state index is 12.1. The van der Waals surface area contributed by atoms with Gasteiger partial charge >= 0.3 is 0 Å². The van der Waals surface area contributed by atoms with Gasteiger partial charge in [-0.15, -0.1) is 0 Å². The standard InChI is InChI=1S/C16H24N2O2/c1-4-10-18(13-16(20)17(2)3)12-15(19)11-14-8-6-5-7-9-14/h5-9H,4,10-13H2,1-3H3. The summed E-state index contributed by atoms with van der Waals surface area (Å²) in [5, 5.41) is 0. The van der Waals surface area contributed by atoms with E-state index in [1.165, 1.54) is 0 Å². The van der Waals surface area contributed by atoms with Crippen molar-refractivity contribution in [1.82, 2.24) is 9.80 Å². The van der Waals surface area contributed by atoms with Crippen LogP contribution in [0.1, 0.15) is 18.9 Å². The molecule has 1 aromatic carbocycles. The lowest BCUT2D eigenvalue weighted by atomic mass is 10.1. The van der Waals surface area contributed by atoms with Crippen LogP contribution in [0.15, 0.2) is 30.3 Å². The summed E-state index contributed by atoms with van der Waals surface area (Å²) in [5.41, 5.74) is 1.02. The number of rotatable bonds is 8. The summed E-state index contributed by atoms with van der Waals surface area (Å²) in [6.45, 7) is 3.46. The predicted molar refractivity (Wildman–Crippen MR) is 80.6 cm³/mol. The van der Waals surface area contributed by atoms with Gasteiger partial charge in [0, 0.05) is 20.5 Å². The highest BCUT2D eigenvalue weighted by Crippen LogP contribution is 2.02. The molecule has 1 aromatic rings. The number of nitrogens with zero attached hydrogens (tertiary/aromatic N) is 2. The molecular formula is C16H24N2O2. The van der Waals surface area contributed by atoms with Crippen molar-refractivity contribution in [2.45, 2.75) is 19.8 Å². The van der Waals surface area contributed by atoms with Crippen LogP contribution in [0.25, 0.3) is 0 Å². The van der Waals surface area contributed by atoms with E-state index in [4.69, 9.17) is 0 Å². The lowest BCUT2D eigenvalue weighted by Crippen LogP contribution is -2.40. The van der Waals surface area contributed by atoms with Crippen LogP contribution in [-0.2, 0) is 16.0 Å². The summed E-state index contributed by atoms with van der Waals surface area (Å²) in [6.07, 6.45) is 1.36. The van der Waals surface area contributed by atoms with Gasteiger partial charge in [0.2, 0.25) is 5.91 Å². The fourth-order valence-corrected chi connectivity index (χ4v) is 1.99. The van der Waals surface area contributed by atoms with E-state index in [-0.39, 0.29) is 11.7 Å². The van der Waals surface area contributed by atoms with Crippen molar-refractivity contribution in [2.24, 2.45) is 0 Å². The van der Waals surface area contributed by atoms with E-state index in [2.05, 4.69) is 6.92 Å². The van der Waals surface area contributed by atoms with Crippen molar-refractivity contribution in [2.75, 3.05) is 33.7 Å². The molecule has 0 bridgehead atoms. The quantitative estimate of drug-likeness (QED) is 0.724. The summed E-state index contributed by atoms with van der Waals surface area (Å²) >= 11 is 0. The van der Waals surface area contributed by atoms with E-state index in [1.54, 1.807) is 19.0 Å². The van der Waals surface area contributed by atoms with Crippen molar-refractivity contribution in [3.63, 3.8) is 0 Å². The van der Waals surface area contributed by atoms with Gasteiger partial charge in [-0.25, -0.2) is 0 Å². The van der Waals surface area contributed by atoms with Gasteiger partial charge in [0.05, 0.1) is 13.1 Å². The Morgan fingerprint density at radius 3 is 2.25 bits per heavy atom. The zero-order valence-corrected chi connectivity index (χ0v) is 12.6. The number of Topliss-reactive ketones (excluding diaryl/α,β-unsaturated/α-hetero) is 1. The van der Waals surface area contributed by atoms with E-state index in [0.717, 1.165) is 18.5 Å². The summed E-state index contributed by atoms with van der Waals surface area (Å²) in [4.78, 5) is 27.3. The lowest BCUT2D eigenvalue weighted by Gasteiger charge is -2.22. The van der Waals surface area contributed by atoms with Gasteiger partial charge in [0.25, 0.3) is 0 Å². The molecule has 20 heavy (non-hydrogen) atoms. The first-order valence-electron chi connectivity index (χ1n) is 7.01. The van der Waals surface area contributed by atoms with Crippen molar-refractivity contribution in [1.29, 1.82) is 0 Å². The Kier molecular flexibility index (Phi) is 6.94. The molecule has 0 N–H and O–H groups in total. The SMILES string of the molecule is CCCN(CC(=O)Cc1ccccc1)CC(=O)N(C)C. The van der Waals surface area contributed by atoms with Gasteiger partial charge in [0.1, 0.15) is 0 Å². The van der Waals surface area contributed by atoms with E-state index in [1.807, 2.05) is 35.2 Å². The Hall–Kier alpha value is -1.68. The molecule has 0 fully saturated rings. The maximum Gasteiger partial charge on any atom is 0.236 e. The summed E-state index contributed by atoms with van der Waals surface area (Å²) in [6, 6.07) is 9.71. The second kappa shape index (κ2) is 8.48. The average Bonchev–Trinajstić information content (AvgIpc) is 2.39. The molecule has 0 aliphatic heterocycles. The first kappa shape index (κ1) is 16.4. The van der Waals surface area contributed by atoms with E-state index in [0.29, 0.717) is 19.5 Å². The normalized spacial score (nSPS) is 10.6. The van der Waals surface area contributed by atoms with Crippen LogP contribution < -0.4 is 0 Å². The molecule has 4 nitrogen and oxygen atoms in total. The average molecular weight is 276 g/mol. The molecule has 0 aromatic heterocycles. The number of likely N-dealkylation sites (N-methyl/N-ethyl adjacent to an activating group) is 1. The minimum atomic E-state index is 0.0333. The van der Waals surface area contributed by atoms with Crippen LogP contribution in [0.5, 0.6) is 0 Å². The summed E-state index contributed by atoms with van der Waals surface area (Å²) in [5.74, 6) is 0.183. The van der Waals surface area contributed by atoms with Crippen LogP contribution in [0.3, 0.4) is 0 Å². The number of hydrogen-bond acceptors (Lipinski definition) is 3. The van der Waals surface area contributed by atoms with Gasteiger partial charge < -0.3 is 4.90 Å². The Labute approximate surface area is 121 Å². The zero-order chi connectivity index (χ0) is 15.0. The zero-order valence-electron chi connectivity index (χ0n) is 12.6. The maximum absolute atomic E-state index is 12.1. The number of benzene rings is 1. The minimum Gasteiger partial charge on any atom is -0.348 e. The van der Waals surface area contributed by atoms with Crippen molar-refractivity contribution >= 4 is 11.7 Å². The highest BCUT2D eigenvalue weighted by Gasteiger charge is 2.15. The third-order valence-electron chi connectivity index (χ3n) is 3.04. The molecule has 0 aliphatic rings. The molecular weight excluding hydrogens is 252 g/mol. The van der Waals surface area contributed by atoms with Crippen molar-refractivity contribution < 1.29 is 9.59 Å². The summed E-state index contributed by atoms with van der Waals surface area (Å²) < 4.78 is 0. The Balaban J connectivity index is 2.52. The predicted octanol–water partition coefficient (Wildman–Crippen LogP) is 1.60. The molecule has 0 atom stereocenters.